The van der Waals surface area contributed by atoms with E-state index in [1.165, 1.54) is 6.20 Å². The molecule has 5 heteroatoms. The predicted octanol–water partition coefficient (Wildman–Crippen LogP) is 3.80. The molecule has 0 amide bonds. The lowest BCUT2D eigenvalue weighted by molar-refractivity contribution is -0.138. The minimum absolute atomic E-state index is 0.278. The molecule has 0 fully saturated rings. The van der Waals surface area contributed by atoms with Crippen LogP contribution in [0.4, 0.5) is 0 Å². The highest BCUT2D eigenvalue weighted by Crippen LogP contribution is 2.29. The fourth-order valence-corrected chi connectivity index (χ4v) is 2.34. The molecule has 0 spiro atoms. The topological polar surface area (TPSA) is 50.2 Å². The Morgan fingerprint density at radius 1 is 1.21 bits per heavy atom. The molecule has 2 aromatic rings. The number of hydrogen-bond acceptors (Lipinski definition) is 2. The van der Waals surface area contributed by atoms with Gasteiger partial charge in [0.1, 0.15) is 0 Å². The monoisotopic (exact) mass is 295 g/mol. The fraction of sp³-hybridized carbons (Fsp3) is 0.143. The second-order valence-corrected chi connectivity index (χ2v) is 4.90. The van der Waals surface area contributed by atoms with Crippen LogP contribution in [0.3, 0.4) is 0 Å². The van der Waals surface area contributed by atoms with E-state index in [1.807, 2.05) is 0 Å². The van der Waals surface area contributed by atoms with Gasteiger partial charge in [0.2, 0.25) is 0 Å². The molecule has 0 aliphatic carbocycles. The Hall–Kier alpha value is -1.58. The lowest BCUT2D eigenvalue weighted by Gasteiger charge is -2.15. The Kier molecular flexibility index (Phi) is 4.40. The van der Waals surface area contributed by atoms with Crippen molar-refractivity contribution in [1.29, 1.82) is 0 Å². The Morgan fingerprint density at radius 3 is 2.58 bits per heavy atom. The smallest absolute Gasteiger partial charge is 0.311 e. The van der Waals surface area contributed by atoms with Crippen LogP contribution in [0.5, 0.6) is 0 Å². The summed E-state index contributed by atoms with van der Waals surface area (Å²) in [6.45, 7) is 0. The third-order valence-electron chi connectivity index (χ3n) is 2.86. The van der Waals surface area contributed by atoms with E-state index in [-0.39, 0.29) is 6.42 Å². The van der Waals surface area contributed by atoms with E-state index in [2.05, 4.69) is 4.98 Å². The number of pyridine rings is 1. The number of nitrogens with zero attached hydrogens (tertiary/aromatic N) is 1. The molecule has 0 saturated heterocycles. The number of carboxylic acid groups (broad SMARTS) is 1. The van der Waals surface area contributed by atoms with E-state index in [9.17, 15) is 9.90 Å². The molecule has 1 unspecified atom stereocenters. The fourth-order valence-electron chi connectivity index (χ4n) is 1.88. The number of carbonyl (C=O) groups is 1. The number of carboxylic acids is 1. The number of rotatable bonds is 4. The second kappa shape index (κ2) is 6.04. The highest BCUT2D eigenvalue weighted by Gasteiger charge is 2.23. The number of halogens is 2. The zero-order chi connectivity index (χ0) is 13.8. The van der Waals surface area contributed by atoms with Gasteiger partial charge in [-0.25, -0.2) is 0 Å². The Morgan fingerprint density at radius 2 is 1.95 bits per heavy atom. The summed E-state index contributed by atoms with van der Waals surface area (Å²) in [5, 5.41) is 10.3. The molecule has 0 saturated carbocycles. The number of aliphatic carboxylic acids is 1. The molecule has 1 aromatic heterocycles. The second-order valence-electron chi connectivity index (χ2n) is 4.08. The van der Waals surface area contributed by atoms with Crippen molar-refractivity contribution in [2.75, 3.05) is 0 Å². The molecular weight excluding hydrogens is 285 g/mol. The number of hydrogen-bond donors (Lipinski definition) is 1. The van der Waals surface area contributed by atoms with Gasteiger partial charge >= 0.3 is 5.97 Å². The summed E-state index contributed by atoms with van der Waals surface area (Å²) in [4.78, 5) is 15.3. The Labute approximate surface area is 120 Å². The third kappa shape index (κ3) is 3.25. The molecule has 1 N–H and O–H groups in total. The van der Waals surface area contributed by atoms with Crippen LogP contribution in [0.15, 0.2) is 42.7 Å². The molecule has 19 heavy (non-hydrogen) atoms. The normalized spacial score (nSPS) is 12.1. The maximum Gasteiger partial charge on any atom is 0.311 e. The molecule has 1 atom stereocenters. The van der Waals surface area contributed by atoms with Gasteiger partial charge in [-0.3, -0.25) is 9.78 Å². The van der Waals surface area contributed by atoms with Crippen LogP contribution >= 0.6 is 23.2 Å². The van der Waals surface area contributed by atoms with Crippen LogP contribution < -0.4 is 0 Å². The van der Waals surface area contributed by atoms with Crippen molar-refractivity contribution in [2.24, 2.45) is 0 Å². The molecular formula is C14H11Cl2NO2. The summed E-state index contributed by atoms with van der Waals surface area (Å²) in [5.41, 5.74) is 1.33. The first-order chi connectivity index (χ1) is 9.09. The van der Waals surface area contributed by atoms with Crippen LogP contribution in [0, 0.1) is 0 Å². The van der Waals surface area contributed by atoms with E-state index in [4.69, 9.17) is 23.2 Å². The lowest BCUT2D eigenvalue weighted by Crippen LogP contribution is -2.15. The summed E-state index contributed by atoms with van der Waals surface area (Å²) >= 11 is 12.1. The van der Waals surface area contributed by atoms with Gasteiger partial charge in [-0.15, -0.1) is 0 Å². The van der Waals surface area contributed by atoms with Crippen molar-refractivity contribution in [3.63, 3.8) is 0 Å². The molecule has 0 aliphatic rings. The highest BCUT2D eigenvalue weighted by atomic mass is 35.5. The van der Waals surface area contributed by atoms with E-state index < -0.39 is 11.9 Å². The minimum atomic E-state index is -0.930. The summed E-state index contributed by atoms with van der Waals surface area (Å²) in [7, 11) is 0. The maximum absolute atomic E-state index is 11.5. The lowest BCUT2D eigenvalue weighted by atomic mass is 9.92. The van der Waals surface area contributed by atoms with E-state index in [0.717, 1.165) is 5.56 Å². The zero-order valence-corrected chi connectivity index (χ0v) is 11.4. The Balaban J connectivity index is 2.35. The first-order valence-electron chi connectivity index (χ1n) is 5.65. The van der Waals surface area contributed by atoms with Crippen LogP contribution in [0.1, 0.15) is 17.0 Å². The van der Waals surface area contributed by atoms with Crippen molar-refractivity contribution >= 4 is 29.2 Å². The number of aromatic nitrogens is 1. The van der Waals surface area contributed by atoms with Gasteiger partial charge in [0.05, 0.1) is 10.9 Å². The quantitative estimate of drug-likeness (QED) is 0.933. The molecule has 2 rings (SSSR count). The van der Waals surface area contributed by atoms with Gasteiger partial charge in [-0.05, 0) is 29.7 Å². The van der Waals surface area contributed by atoms with Crippen LogP contribution in [-0.4, -0.2) is 16.1 Å². The average Bonchev–Trinajstić information content (AvgIpc) is 2.38. The van der Waals surface area contributed by atoms with Crippen molar-refractivity contribution in [1.82, 2.24) is 4.98 Å². The van der Waals surface area contributed by atoms with Gasteiger partial charge in [0, 0.05) is 17.4 Å². The molecule has 1 aromatic carbocycles. The van der Waals surface area contributed by atoms with Crippen molar-refractivity contribution < 1.29 is 9.90 Å². The molecule has 0 radical (unpaired) electrons. The zero-order valence-electron chi connectivity index (χ0n) is 9.88. The summed E-state index contributed by atoms with van der Waals surface area (Å²) in [6, 6.07) is 8.65. The summed E-state index contributed by atoms with van der Waals surface area (Å²) in [6.07, 6.45) is 3.37. The SMILES string of the molecule is O=C(O)C(Cc1ccncc1Cl)c1ccccc1Cl. The first-order valence-corrected chi connectivity index (χ1v) is 6.41. The molecule has 0 bridgehead atoms. The van der Waals surface area contributed by atoms with Crippen molar-refractivity contribution in [2.45, 2.75) is 12.3 Å². The van der Waals surface area contributed by atoms with Crippen LogP contribution in [0.25, 0.3) is 0 Å². The molecule has 0 aliphatic heterocycles. The van der Waals surface area contributed by atoms with Gasteiger partial charge in [-0.2, -0.15) is 0 Å². The van der Waals surface area contributed by atoms with E-state index >= 15 is 0 Å². The average molecular weight is 296 g/mol. The standard InChI is InChI=1S/C14H11Cl2NO2/c15-12-4-2-1-3-10(12)11(14(18)19)7-9-5-6-17-8-13(9)16/h1-6,8,11H,7H2,(H,18,19). The predicted molar refractivity (Wildman–Crippen MR) is 74.8 cm³/mol. The minimum Gasteiger partial charge on any atom is -0.481 e. The maximum atomic E-state index is 11.5. The van der Waals surface area contributed by atoms with E-state index in [1.54, 1.807) is 36.5 Å². The van der Waals surface area contributed by atoms with Gasteiger partial charge in [0.25, 0.3) is 0 Å². The third-order valence-corrected chi connectivity index (χ3v) is 3.54. The Bertz CT molecular complexity index is 602. The molecule has 1 heterocycles. The molecule has 3 nitrogen and oxygen atoms in total. The van der Waals surface area contributed by atoms with Gasteiger partial charge in [-0.1, -0.05) is 41.4 Å². The van der Waals surface area contributed by atoms with E-state index in [0.29, 0.717) is 15.6 Å². The summed E-state index contributed by atoms with van der Waals surface area (Å²) in [5.74, 6) is -1.66. The largest absolute Gasteiger partial charge is 0.481 e. The van der Waals surface area contributed by atoms with Crippen LogP contribution in [-0.2, 0) is 11.2 Å². The first kappa shape index (κ1) is 13.8. The van der Waals surface area contributed by atoms with Crippen LogP contribution in [0.2, 0.25) is 10.0 Å². The number of benzene rings is 1. The molecule has 98 valence electrons. The van der Waals surface area contributed by atoms with Crippen molar-refractivity contribution in [3.8, 4) is 0 Å². The van der Waals surface area contributed by atoms with Gasteiger partial charge in [0.15, 0.2) is 0 Å². The highest BCUT2D eigenvalue weighted by molar-refractivity contribution is 6.32. The van der Waals surface area contributed by atoms with Crippen molar-refractivity contribution in [3.05, 3.63) is 63.9 Å². The summed E-state index contributed by atoms with van der Waals surface area (Å²) < 4.78 is 0. The van der Waals surface area contributed by atoms with Gasteiger partial charge < -0.3 is 5.11 Å².